The Balaban J connectivity index is 2.19. The molecule has 1 aromatic rings. The molecule has 9 heteroatoms. The lowest BCUT2D eigenvalue weighted by Gasteiger charge is -2.14. The predicted octanol–water partition coefficient (Wildman–Crippen LogP) is 0.378. The summed E-state index contributed by atoms with van der Waals surface area (Å²) in [6, 6.07) is 4.98. The molecule has 0 bridgehead atoms. The molecule has 0 unspecified atom stereocenters. The van der Waals surface area contributed by atoms with Crippen molar-refractivity contribution in [1.29, 1.82) is 0 Å². The monoisotopic (exact) mass is 339 g/mol. The van der Waals surface area contributed by atoms with E-state index in [0.29, 0.717) is 5.75 Å². The van der Waals surface area contributed by atoms with Crippen molar-refractivity contribution in [3.05, 3.63) is 24.3 Å². The number of hydrogen-bond donors (Lipinski definition) is 1. The number of alkyl halides is 1. The molecule has 0 spiro atoms. The number of nitrogens with one attached hydrogen (secondary N) is 1. The first-order valence-electron chi connectivity index (χ1n) is 5.74. The Morgan fingerprint density at radius 2 is 1.85 bits per heavy atom. The van der Waals surface area contributed by atoms with Gasteiger partial charge in [0.2, 0.25) is 10.0 Å². The summed E-state index contributed by atoms with van der Waals surface area (Å²) in [6.07, 6.45) is 0. The molecule has 1 fully saturated rings. The summed E-state index contributed by atoms with van der Waals surface area (Å²) < 4.78 is 54.4. The smallest absolute Gasteiger partial charge is 0.240 e. The number of sulfonamides is 1. The van der Waals surface area contributed by atoms with E-state index in [9.17, 15) is 16.8 Å². The number of halogens is 1. The van der Waals surface area contributed by atoms with Crippen LogP contribution in [-0.4, -0.2) is 46.9 Å². The largest absolute Gasteiger partial charge is 0.497 e. The zero-order valence-electron chi connectivity index (χ0n) is 10.6. The molecule has 1 saturated heterocycles. The Bertz CT molecular complexity index is 684. The standard InChI is InChI=1S/C11H14ClNO5S2/c1-18-8-2-4-9(5-3-8)20(16,17)13-11-7-19(14,15)6-10(11)12/h2-5,10-11,13H,6-7H2,1H3/t10-,11-/m1/s1. The van der Waals surface area contributed by atoms with E-state index in [4.69, 9.17) is 16.3 Å². The van der Waals surface area contributed by atoms with Crippen LogP contribution in [0.15, 0.2) is 29.2 Å². The number of ether oxygens (including phenoxy) is 1. The van der Waals surface area contributed by atoms with Crippen LogP contribution in [0.5, 0.6) is 5.75 Å². The van der Waals surface area contributed by atoms with Gasteiger partial charge in [-0.05, 0) is 24.3 Å². The van der Waals surface area contributed by atoms with Gasteiger partial charge in [-0.15, -0.1) is 11.6 Å². The second-order valence-electron chi connectivity index (χ2n) is 4.50. The average Bonchev–Trinajstić information content (AvgIpc) is 2.61. The van der Waals surface area contributed by atoms with Crippen LogP contribution >= 0.6 is 11.6 Å². The van der Waals surface area contributed by atoms with E-state index in [1.807, 2.05) is 0 Å². The first kappa shape index (κ1) is 15.6. The molecule has 1 heterocycles. The molecule has 2 rings (SSSR count). The van der Waals surface area contributed by atoms with Gasteiger partial charge in [-0.2, -0.15) is 0 Å². The first-order valence-corrected chi connectivity index (χ1v) is 9.48. The Morgan fingerprint density at radius 1 is 1.25 bits per heavy atom. The van der Waals surface area contributed by atoms with Gasteiger partial charge in [0.1, 0.15) is 5.75 Å². The van der Waals surface area contributed by atoms with Gasteiger partial charge in [-0.25, -0.2) is 21.6 Å². The van der Waals surface area contributed by atoms with E-state index < -0.39 is 31.3 Å². The van der Waals surface area contributed by atoms with Crippen LogP contribution in [0.4, 0.5) is 0 Å². The summed E-state index contributed by atoms with van der Waals surface area (Å²) in [5, 5.41) is -0.756. The van der Waals surface area contributed by atoms with E-state index in [1.54, 1.807) is 0 Å². The normalized spacial score (nSPS) is 25.5. The summed E-state index contributed by atoms with van der Waals surface area (Å²) in [7, 11) is -5.62. The van der Waals surface area contributed by atoms with E-state index in [2.05, 4.69) is 4.72 Å². The van der Waals surface area contributed by atoms with Crippen LogP contribution in [0, 0.1) is 0 Å². The molecule has 1 aliphatic rings. The third kappa shape index (κ3) is 3.43. The summed E-state index contributed by atoms with van der Waals surface area (Å²) in [5.41, 5.74) is 0. The zero-order valence-corrected chi connectivity index (χ0v) is 13.0. The van der Waals surface area contributed by atoms with Crippen LogP contribution < -0.4 is 9.46 Å². The molecule has 6 nitrogen and oxygen atoms in total. The van der Waals surface area contributed by atoms with Gasteiger partial charge in [0.25, 0.3) is 0 Å². The van der Waals surface area contributed by atoms with Crippen LogP contribution in [0.3, 0.4) is 0 Å². The fraction of sp³-hybridized carbons (Fsp3) is 0.455. The van der Waals surface area contributed by atoms with Crippen molar-refractivity contribution in [3.63, 3.8) is 0 Å². The van der Waals surface area contributed by atoms with Crippen molar-refractivity contribution in [3.8, 4) is 5.75 Å². The second kappa shape index (κ2) is 5.51. The number of benzene rings is 1. The number of sulfone groups is 1. The van der Waals surface area contributed by atoms with E-state index in [-0.39, 0.29) is 16.4 Å². The maximum absolute atomic E-state index is 12.1. The van der Waals surface area contributed by atoms with E-state index >= 15 is 0 Å². The average molecular weight is 340 g/mol. The molecule has 0 radical (unpaired) electrons. The number of rotatable bonds is 4. The van der Waals surface area contributed by atoms with Gasteiger partial charge >= 0.3 is 0 Å². The third-order valence-corrected chi connectivity index (χ3v) is 6.84. The van der Waals surface area contributed by atoms with Gasteiger partial charge in [0, 0.05) is 0 Å². The van der Waals surface area contributed by atoms with Crippen LogP contribution in [-0.2, 0) is 19.9 Å². The Kier molecular flexibility index (Phi) is 4.29. The minimum atomic E-state index is -3.81. The van der Waals surface area contributed by atoms with Crippen molar-refractivity contribution in [2.45, 2.75) is 16.3 Å². The lowest BCUT2D eigenvalue weighted by molar-refractivity contribution is 0.414. The van der Waals surface area contributed by atoms with Gasteiger partial charge in [0.05, 0.1) is 34.9 Å². The summed E-state index contributed by atoms with van der Waals surface area (Å²) >= 11 is 5.88. The molecule has 0 aliphatic carbocycles. The molecule has 0 aromatic heterocycles. The van der Waals surface area contributed by atoms with Gasteiger partial charge in [-0.3, -0.25) is 0 Å². The quantitative estimate of drug-likeness (QED) is 0.801. The summed E-state index contributed by atoms with van der Waals surface area (Å²) in [4.78, 5) is 0.0338. The molecule has 1 aliphatic heterocycles. The molecule has 1 aromatic carbocycles. The van der Waals surface area contributed by atoms with E-state index in [0.717, 1.165) is 0 Å². The van der Waals surface area contributed by atoms with Crippen molar-refractivity contribution >= 4 is 31.5 Å². The SMILES string of the molecule is COc1ccc(S(=O)(=O)N[C@@H]2CS(=O)(=O)C[C@H]2Cl)cc1. The highest BCUT2D eigenvalue weighted by Crippen LogP contribution is 2.21. The lowest BCUT2D eigenvalue weighted by atomic mass is 10.3. The highest BCUT2D eigenvalue weighted by atomic mass is 35.5. The third-order valence-electron chi connectivity index (χ3n) is 2.96. The van der Waals surface area contributed by atoms with E-state index in [1.165, 1.54) is 31.4 Å². The Labute approximate surface area is 123 Å². The van der Waals surface area contributed by atoms with Gasteiger partial charge in [-0.1, -0.05) is 0 Å². The molecule has 2 atom stereocenters. The van der Waals surface area contributed by atoms with Crippen molar-refractivity contribution < 1.29 is 21.6 Å². The fourth-order valence-corrected chi connectivity index (χ4v) is 5.94. The Morgan fingerprint density at radius 3 is 2.30 bits per heavy atom. The summed E-state index contributed by atoms with van der Waals surface area (Å²) in [5.74, 6) is 0.0311. The van der Waals surface area contributed by atoms with Crippen LogP contribution in [0.1, 0.15) is 0 Å². The maximum atomic E-state index is 12.1. The molecule has 0 saturated carbocycles. The lowest BCUT2D eigenvalue weighted by Crippen LogP contribution is -2.40. The molecule has 112 valence electrons. The zero-order chi connectivity index (χ0) is 15.0. The van der Waals surface area contributed by atoms with Crippen molar-refractivity contribution in [2.24, 2.45) is 0 Å². The minimum Gasteiger partial charge on any atom is -0.497 e. The highest BCUT2D eigenvalue weighted by Gasteiger charge is 2.38. The predicted molar refractivity (Wildman–Crippen MR) is 75.4 cm³/mol. The minimum absolute atomic E-state index is 0.0338. The molecule has 1 N–H and O–H groups in total. The number of methoxy groups -OCH3 is 1. The first-order chi connectivity index (χ1) is 9.23. The van der Waals surface area contributed by atoms with Crippen LogP contribution in [0.25, 0.3) is 0 Å². The molecule has 0 amide bonds. The van der Waals surface area contributed by atoms with Gasteiger partial charge in [0.15, 0.2) is 9.84 Å². The van der Waals surface area contributed by atoms with Gasteiger partial charge < -0.3 is 4.74 Å². The Hall–Kier alpha value is -0.830. The van der Waals surface area contributed by atoms with Crippen LogP contribution in [0.2, 0.25) is 0 Å². The fourth-order valence-electron chi connectivity index (χ4n) is 1.93. The van der Waals surface area contributed by atoms with Crippen molar-refractivity contribution in [1.82, 2.24) is 4.72 Å². The summed E-state index contributed by atoms with van der Waals surface area (Å²) in [6.45, 7) is 0. The maximum Gasteiger partial charge on any atom is 0.240 e. The molecular formula is C11H14ClNO5S2. The highest BCUT2D eigenvalue weighted by molar-refractivity contribution is 7.92. The number of hydrogen-bond acceptors (Lipinski definition) is 5. The second-order valence-corrected chi connectivity index (χ2v) is 8.92. The van der Waals surface area contributed by atoms with Crippen molar-refractivity contribution in [2.75, 3.05) is 18.6 Å². The molecular weight excluding hydrogens is 326 g/mol. The molecule has 20 heavy (non-hydrogen) atoms. The topological polar surface area (TPSA) is 89.5 Å².